The van der Waals surface area contributed by atoms with E-state index in [9.17, 15) is 9.59 Å². The Balaban J connectivity index is 1.84. The zero-order chi connectivity index (χ0) is 18.7. The first-order valence-electron chi connectivity index (χ1n) is 8.98. The maximum absolute atomic E-state index is 12.5. The normalized spacial score (nSPS) is 10.9. The third-order valence-corrected chi connectivity index (χ3v) is 4.77. The predicted octanol–water partition coefficient (Wildman–Crippen LogP) is 4.21. The van der Waals surface area contributed by atoms with Crippen LogP contribution >= 0.6 is 0 Å². The van der Waals surface area contributed by atoms with Gasteiger partial charge in [-0.25, -0.2) is 0 Å². The molecule has 26 heavy (non-hydrogen) atoms. The number of pyridine rings is 1. The van der Waals surface area contributed by atoms with Crippen LogP contribution in [0.5, 0.6) is 0 Å². The van der Waals surface area contributed by atoms with E-state index in [-0.39, 0.29) is 17.9 Å². The number of para-hydroxylation sites is 2. The van der Waals surface area contributed by atoms with E-state index in [0.29, 0.717) is 6.54 Å². The smallest absolute Gasteiger partial charge is 0.251 e. The highest BCUT2D eigenvalue weighted by Crippen LogP contribution is 2.20. The largest absolute Gasteiger partial charge is 0.326 e. The van der Waals surface area contributed by atoms with Gasteiger partial charge in [0.25, 0.3) is 5.56 Å². The maximum Gasteiger partial charge on any atom is 0.251 e. The van der Waals surface area contributed by atoms with Crippen molar-refractivity contribution in [1.82, 2.24) is 4.57 Å². The van der Waals surface area contributed by atoms with E-state index in [4.69, 9.17) is 0 Å². The Labute approximate surface area is 153 Å². The summed E-state index contributed by atoms with van der Waals surface area (Å²) in [5.74, 6) is -0.0832. The second kappa shape index (κ2) is 7.56. The number of benzene rings is 2. The minimum Gasteiger partial charge on any atom is -0.326 e. The van der Waals surface area contributed by atoms with Gasteiger partial charge in [-0.05, 0) is 43.0 Å². The molecule has 1 N–H and O–H groups in total. The molecule has 3 aromatic rings. The molecule has 0 aliphatic heterocycles. The molecule has 0 atom stereocenters. The van der Waals surface area contributed by atoms with Gasteiger partial charge in [0, 0.05) is 30.1 Å². The molecule has 0 saturated heterocycles. The summed E-state index contributed by atoms with van der Waals surface area (Å²) in [6.07, 6.45) is 1.11. The van der Waals surface area contributed by atoms with Crippen LogP contribution in [0.1, 0.15) is 30.0 Å². The highest BCUT2D eigenvalue weighted by atomic mass is 16.1. The number of rotatable bonds is 5. The molecule has 0 aliphatic rings. The molecule has 1 amide bonds. The van der Waals surface area contributed by atoms with Gasteiger partial charge in [-0.15, -0.1) is 0 Å². The summed E-state index contributed by atoms with van der Waals surface area (Å²) in [7, 11) is 0. The first-order valence-corrected chi connectivity index (χ1v) is 8.98. The number of aryl methyl sites for hydroxylation is 4. The average molecular weight is 348 g/mol. The van der Waals surface area contributed by atoms with E-state index in [0.717, 1.165) is 39.7 Å². The molecule has 0 bridgehead atoms. The van der Waals surface area contributed by atoms with Gasteiger partial charge in [-0.3, -0.25) is 9.59 Å². The minimum atomic E-state index is -0.0832. The lowest BCUT2D eigenvalue weighted by molar-refractivity contribution is -0.116. The standard InChI is InChI=1S/C22H24N2O2/c1-4-17-9-5-6-11-19(17)23-20(25)12-13-24-21(26)14-16(3)18-10-7-8-15(2)22(18)24/h5-11,14H,4,12-13H2,1-3H3,(H,23,25). The minimum absolute atomic E-state index is 0.0638. The van der Waals surface area contributed by atoms with Gasteiger partial charge in [0.2, 0.25) is 5.91 Å². The Hall–Kier alpha value is -2.88. The number of nitrogens with one attached hydrogen (secondary N) is 1. The molecule has 0 spiro atoms. The van der Waals surface area contributed by atoms with Crippen molar-refractivity contribution in [3.05, 3.63) is 75.6 Å². The van der Waals surface area contributed by atoms with Gasteiger partial charge >= 0.3 is 0 Å². The maximum atomic E-state index is 12.5. The number of nitrogens with zero attached hydrogens (tertiary/aromatic N) is 1. The Morgan fingerprint density at radius 1 is 1.04 bits per heavy atom. The third-order valence-electron chi connectivity index (χ3n) is 4.77. The lowest BCUT2D eigenvalue weighted by atomic mass is 10.1. The molecule has 2 aromatic carbocycles. The fourth-order valence-electron chi connectivity index (χ4n) is 3.39. The van der Waals surface area contributed by atoms with Gasteiger partial charge in [0.1, 0.15) is 0 Å². The van der Waals surface area contributed by atoms with Crippen LogP contribution in [0.4, 0.5) is 5.69 Å². The van der Waals surface area contributed by atoms with Crippen molar-refractivity contribution >= 4 is 22.5 Å². The van der Waals surface area contributed by atoms with E-state index < -0.39 is 0 Å². The van der Waals surface area contributed by atoms with Crippen LogP contribution in [-0.2, 0) is 17.8 Å². The monoisotopic (exact) mass is 348 g/mol. The summed E-state index contributed by atoms with van der Waals surface area (Å²) in [5.41, 5.74) is 4.81. The van der Waals surface area contributed by atoms with Crippen LogP contribution in [-0.4, -0.2) is 10.5 Å². The number of fused-ring (bicyclic) bond motifs is 1. The van der Waals surface area contributed by atoms with E-state index in [2.05, 4.69) is 12.2 Å². The SMILES string of the molecule is CCc1ccccc1NC(=O)CCn1c(=O)cc(C)c2cccc(C)c21. The molecular weight excluding hydrogens is 324 g/mol. The van der Waals surface area contributed by atoms with Crippen LogP contribution in [0, 0.1) is 13.8 Å². The highest BCUT2D eigenvalue weighted by Gasteiger charge is 2.11. The lowest BCUT2D eigenvalue weighted by Crippen LogP contribution is -2.24. The predicted molar refractivity (Wildman–Crippen MR) is 107 cm³/mol. The van der Waals surface area contributed by atoms with E-state index in [1.807, 2.05) is 56.3 Å². The van der Waals surface area contributed by atoms with E-state index in [1.54, 1.807) is 10.6 Å². The Morgan fingerprint density at radius 2 is 1.81 bits per heavy atom. The first kappa shape index (κ1) is 17.9. The second-order valence-corrected chi connectivity index (χ2v) is 6.60. The zero-order valence-electron chi connectivity index (χ0n) is 15.5. The van der Waals surface area contributed by atoms with Crippen molar-refractivity contribution in [3.63, 3.8) is 0 Å². The van der Waals surface area contributed by atoms with Gasteiger partial charge in [-0.2, -0.15) is 0 Å². The van der Waals surface area contributed by atoms with Crippen molar-refractivity contribution in [2.45, 2.75) is 40.2 Å². The van der Waals surface area contributed by atoms with E-state index in [1.165, 1.54) is 0 Å². The number of amides is 1. The third kappa shape index (κ3) is 3.54. The average Bonchev–Trinajstić information content (AvgIpc) is 2.62. The van der Waals surface area contributed by atoms with Crippen molar-refractivity contribution in [2.24, 2.45) is 0 Å². The van der Waals surface area contributed by atoms with Gasteiger partial charge in [0.15, 0.2) is 0 Å². The number of carbonyl (C=O) groups is 1. The number of carbonyl (C=O) groups excluding carboxylic acids is 1. The Bertz CT molecular complexity index is 1020. The van der Waals surface area contributed by atoms with Gasteiger partial charge < -0.3 is 9.88 Å². The van der Waals surface area contributed by atoms with Gasteiger partial charge in [-0.1, -0.05) is 43.3 Å². The molecule has 0 aliphatic carbocycles. The molecule has 4 nitrogen and oxygen atoms in total. The van der Waals surface area contributed by atoms with Crippen LogP contribution in [0.3, 0.4) is 0 Å². The molecule has 0 saturated carbocycles. The van der Waals surface area contributed by atoms with Crippen molar-refractivity contribution in [1.29, 1.82) is 0 Å². The number of hydrogen-bond donors (Lipinski definition) is 1. The van der Waals surface area contributed by atoms with Crippen LogP contribution < -0.4 is 10.9 Å². The molecule has 134 valence electrons. The number of hydrogen-bond acceptors (Lipinski definition) is 2. The summed E-state index contributed by atoms with van der Waals surface area (Å²) >= 11 is 0. The first-order chi connectivity index (χ1) is 12.5. The van der Waals surface area contributed by atoms with Crippen molar-refractivity contribution in [2.75, 3.05) is 5.32 Å². The van der Waals surface area contributed by atoms with Crippen LogP contribution in [0.2, 0.25) is 0 Å². The summed E-state index contributed by atoms with van der Waals surface area (Å²) in [4.78, 5) is 24.9. The molecular formula is C22H24N2O2. The zero-order valence-corrected chi connectivity index (χ0v) is 15.5. The second-order valence-electron chi connectivity index (χ2n) is 6.60. The van der Waals surface area contributed by atoms with E-state index >= 15 is 0 Å². The fraction of sp³-hybridized carbons (Fsp3) is 0.273. The van der Waals surface area contributed by atoms with Crippen molar-refractivity contribution in [3.8, 4) is 0 Å². The van der Waals surface area contributed by atoms with Crippen LogP contribution in [0.25, 0.3) is 10.9 Å². The number of anilines is 1. The highest BCUT2D eigenvalue weighted by molar-refractivity contribution is 5.91. The molecule has 1 aromatic heterocycles. The lowest BCUT2D eigenvalue weighted by Gasteiger charge is -2.14. The molecule has 3 rings (SSSR count). The van der Waals surface area contributed by atoms with Crippen molar-refractivity contribution < 1.29 is 4.79 Å². The fourth-order valence-corrected chi connectivity index (χ4v) is 3.39. The topological polar surface area (TPSA) is 51.1 Å². The van der Waals surface area contributed by atoms with Gasteiger partial charge in [0.05, 0.1) is 5.52 Å². The quantitative estimate of drug-likeness (QED) is 0.751. The summed E-state index contributed by atoms with van der Waals surface area (Å²) in [6, 6.07) is 15.5. The number of aromatic nitrogens is 1. The molecule has 4 heteroatoms. The molecule has 0 radical (unpaired) electrons. The molecule has 0 fully saturated rings. The molecule has 1 heterocycles. The Kier molecular flexibility index (Phi) is 5.21. The summed E-state index contributed by atoms with van der Waals surface area (Å²) < 4.78 is 1.71. The van der Waals surface area contributed by atoms with Crippen LogP contribution in [0.15, 0.2) is 53.3 Å². The molecule has 0 unspecified atom stereocenters. The summed E-state index contributed by atoms with van der Waals surface area (Å²) in [5, 5.41) is 4.03. The Morgan fingerprint density at radius 3 is 2.58 bits per heavy atom. The summed E-state index contributed by atoms with van der Waals surface area (Å²) in [6.45, 7) is 6.36.